The lowest BCUT2D eigenvalue weighted by Crippen LogP contribution is -2.57. The summed E-state index contributed by atoms with van der Waals surface area (Å²) >= 11 is 5.99. The van der Waals surface area contributed by atoms with Crippen LogP contribution in [0.25, 0.3) is 0 Å². The van der Waals surface area contributed by atoms with Gasteiger partial charge >= 0.3 is 0 Å². The molecule has 0 aromatic heterocycles. The van der Waals surface area contributed by atoms with Crippen LogP contribution < -0.4 is 15.5 Å². The number of fused-ring (bicyclic) bond motifs is 1. The standard InChI is InChI=1S/C19H20ClN3O3/c1-3-17-21-16-8-7-13(20)10-15(16)19(25)23(17)22-18(24)11-26-14-6-4-5-12(2)9-14/h4-10,17,21H,3,11H2,1-2H3,(H,22,24). The van der Waals surface area contributed by atoms with Crippen LogP contribution in [0.4, 0.5) is 5.69 Å². The minimum absolute atomic E-state index is 0.188. The molecule has 2 amide bonds. The van der Waals surface area contributed by atoms with Crippen molar-refractivity contribution in [2.24, 2.45) is 0 Å². The first-order valence-corrected chi connectivity index (χ1v) is 8.74. The average Bonchev–Trinajstić information content (AvgIpc) is 2.62. The van der Waals surface area contributed by atoms with Gasteiger partial charge < -0.3 is 10.1 Å². The highest BCUT2D eigenvalue weighted by atomic mass is 35.5. The van der Waals surface area contributed by atoms with Gasteiger partial charge in [0, 0.05) is 10.7 Å². The predicted octanol–water partition coefficient (Wildman–Crippen LogP) is 3.36. The number of halogens is 1. The van der Waals surface area contributed by atoms with Gasteiger partial charge in [-0.25, -0.2) is 5.01 Å². The summed E-state index contributed by atoms with van der Waals surface area (Å²) < 4.78 is 5.49. The maximum atomic E-state index is 12.8. The molecule has 1 aliphatic heterocycles. The summed E-state index contributed by atoms with van der Waals surface area (Å²) in [5.74, 6) is -0.116. The first kappa shape index (κ1) is 18.1. The highest BCUT2D eigenvalue weighted by molar-refractivity contribution is 6.31. The zero-order chi connectivity index (χ0) is 18.7. The van der Waals surface area contributed by atoms with E-state index in [9.17, 15) is 9.59 Å². The molecule has 0 spiro atoms. The number of nitrogens with one attached hydrogen (secondary N) is 2. The van der Waals surface area contributed by atoms with E-state index >= 15 is 0 Å². The molecule has 0 saturated heterocycles. The van der Waals surface area contributed by atoms with E-state index in [1.54, 1.807) is 24.3 Å². The topological polar surface area (TPSA) is 70.7 Å². The quantitative estimate of drug-likeness (QED) is 0.843. The van der Waals surface area contributed by atoms with E-state index in [1.165, 1.54) is 5.01 Å². The lowest BCUT2D eigenvalue weighted by molar-refractivity contribution is -0.127. The van der Waals surface area contributed by atoms with Crippen LogP contribution in [0.1, 0.15) is 29.3 Å². The second-order valence-corrected chi connectivity index (χ2v) is 6.51. The van der Waals surface area contributed by atoms with Crippen LogP contribution in [0.3, 0.4) is 0 Å². The molecule has 2 N–H and O–H groups in total. The Morgan fingerprint density at radius 3 is 2.85 bits per heavy atom. The third-order valence-electron chi connectivity index (χ3n) is 4.06. The van der Waals surface area contributed by atoms with E-state index in [-0.39, 0.29) is 18.7 Å². The highest BCUT2D eigenvalue weighted by Gasteiger charge is 2.32. The summed E-state index contributed by atoms with van der Waals surface area (Å²) in [6, 6.07) is 12.5. The number of amides is 2. The fraction of sp³-hybridized carbons (Fsp3) is 0.263. The molecule has 1 atom stereocenters. The summed E-state index contributed by atoms with van der Waals surface area (Å²) in [6.07, 6.45) is 0.270. The lowest BCUT2D eigenvalue weighted by atomic mass is 10.1. The molecule has 1 unspecified atom stereocenters. The molecule has 1 heterocycles. The summed E-state index contributed by atoms with van der Waals surface area (Å²) in [7, 11) is 0. The third kappa shape index (κ3) is 3.91. The van der Waals surface area contributed by atoms with Gasteiger partial charge in [0.2, 0.25) is 0 Å². The second-order valence-electron chi connectivity index (χ2n) is 6.07. The van der Waals surface area contributed by atoms with Crippen molar-refractivity contribution in [2.75, 3.05) is 11.9 Å². The molecule has 0 bridgehead atoms. The van der Waals surface area contributed by atoms with Gasteiger partial charge in [0.15, 0.2) is 6.61 Å². The number of carbonyl (C=O) groups excluding carboxylic acids is 2. The maximum Gasteiger partial charge on any atom is 0.276 e. The fourth-order valence-corrected chi connectivity index (χ4v) is 2.94. The van der Waals surface area contributed by atoms with Crippen molar-refractivity contribution >= 4 is 29.1 Å². The summed E-state index contributed by atoms with van der Waals surface area (Å²) in [5, 5.41) is 4.99. The van der Waals surface area contributed by atoms with Gasteiger partial charge in [-0.05, 0) is 49.2 Å². The van der Waals surface area contributed by atoms with Crippen molar-refractivity contribution in [1.29, 1.82) is 0 Å². The zero-order valence-corrected chi connectivity index (χ0v) is 15.3. The normalized spacial score (nSPS) is 15.9. The molecule has 0 radical (unpaired) electrons. The molecule has 1 aliphatic rings. The average molecular weight is 374 g/mol. The van der Waals surface area contributed by atoms with Crippen LogP contribution in [-0.4, -0.2) is 29.6 Å². The Morgan fingerprint density at radius 2 is 2.12 bits per heavy atom. The van der Waals surface area contributed by atoms with Gasteiger partial charge in [-0.3, -0.25) is 15.0 Å². The van der Waals surface area contributed by atoms with Crippen LogP contribution in [0.2, 0.25) is 5.02 Å². The van der Waals surface area contributed by atoms with Crippen LogP contribution in [0, 0.1) is 6.92 Å². The smallest absolute Gasteiger partial charge is 0.276 e. The van der Waals surface area contributed by atoms with Crippen LogP contribution in [-0.2, 0) is 4.79 Å². The Labute approximate surface area is 157 Å². The Morgan fingerprint density at radius 1 is 1.31 bits per heavy atom. The molecule has 7 heteroatoms. The first-order valence-electron chi connectivity index (χ1n) is 8.36. The zero-order valence-electron chi connectivity index (χ0n) is 14.6. The number of aryl methyl sites for hydroxylation is 1. The summed E-state index contributed by atoms with van der Waals surface area (Å²) in [5.41, 5.74) is 4.79. The molecular formula is C19H20ClN3O3. The molecule has 0 fully saturated rings. The SMILES string of the molecule is CCC1Nc2ccc(Cl)cc2C(=O)N1NC(=O)COc1cccc(C)c1. The van der Waals surface area contributed by atoms with E-state index in [1.807, 2.05) is 32.0 Å². The number of hydrazine groups is 1. The minimum Gasteiger partial charge on any atom is -0.484 e. The molecule has 0 saturated carbocycles. The minimum atomic E-state index is -0.411. The van der Waals surface area contributed by atoms with E-state index in [2.05, 4.69) is 10.7 Å². The van der Waals surface area contributed by atoms with Crippen molar-refractivity contribution in [2.45, 2.75) is 26.4 Å². The number of benzene rings is 2. The fourth-order valence-electron chi connectivity index (χ4n) is 2.77. The van der Waals surface area contributed by atoms with E-state index in [4.69, 9.17) is 16.3 Å². The van der Waals surface area contributed by atoms with Crippen molar-refractivity contribution in [3.8, 4) is 5.75 Å². The van der Waals surface area contributed by atoms with Crippen LogP contribution >= 0.6 is 11.6 Å². The number of hydrogen-bond acceptors (Lipinski definition) is 4. The Hall–Kier alpha value is -2.73. The molecule has 2 aromatic carbocycles. The molecule has 26 heavy (non-hydrogen) atoms. The van der Waals surface area contributed by atoms with Gasteiger partial charge in [0.1, 0.15) is 11.9 Å². The van der Waals surface area contributed by atoms with E-state index < -0.39 is 5.91 Å². The molecule has 136 valence electrons. The van der Waals surface area contributed by atoms with Crippen LogP contribution in [0.15, 0.2) is 42.5 Å². The van der Waals surface area contributed by atoms with Gasteiger partial charge in [0.25, 0.3) is 11.8 Å². The van der Waals surface area contributed by atoms with Crippen LogP contribution in [0.5, 0.6) is 5.75 Å². The number of hydrogen-bond donors (Lipinski definition) is 2. The Bertz CT molecular complexity index is 841. The molecule has 3 rings (SSSR count). The monoisotopic (exact) mass is 373 g/mol. The van der Waals surface area contributed by atoms with Gasteiger partial charge in [-0.1, -0.05) is 30.7 Å². The molecule has 6 nitrogen and oxygen atoms in total. The van der Waals surface area contributed by atoms with E-state index in [0.29, 0.717) is 28.4 Å². The number of nitrogens with zero attached hydrogens (tertiary/aromatic N) is 1. The Kier molecular flexibility index (Phi) is 5.32. The van der Waals surface area contributed by atoms with Crippen molar-refractivity contribution in [3.05, 3.63) is 58.6 Å². The Balaban J connectivity index is 1.69. The largest absolute Gasteiger partial charge is 0.484 e. The van der Waals surface area contributed by atoms with Crippen molar-refractivity contribution in [1.82, 2.24) is 10.4 Å². The highest BCUT2D eigenvalue weighted by Crippen LogP contribution is 2.28. The van der Waals surface area contributed by atoms with Gasteiger partial charge in [0.05, 0.1) is 5.56 Å². The second kappa shape index (κ2) is 7.66. The van der Waals surface area contributed by atoms with Crippen molar-refractivity contribution < 1.29 is 14.3 Å². The molecule has 2 aromatic rings. The van der Waals surface area contributed by atoms with Crippen molar-refractivity contribution in [3.63, 3.8) is 0 Å². The molecule has 0 aliphatic carbocycles. The van der Waals surface area contributed by atoms with Gasteiger partial charge in [-0.15, -0.1) is 0 Å². The first-order chi connectivity index (χ1) is 12.5. The number of ether oxygens (including phenoxy) is 1. The number of anilines is 1. The van der Waals surface area contributed by atoms with Gasteiger partial charge in [-0.2, -0.15) is 0 Å². The predicted molar refractivity (Wildman–Crippen MR) is 100 cm³/mol. The lowest BCUT2D eigenvalue weighted by Gasteiger charge is -2.37. The summed E-state index contributed by atoms with van der Waals surface area (Å²) in [4.78, 5) is 25.0. The third-order valence-corrected chi connectivity index (χ3v) is 4.29. The number of carbonyl (C=O) groups is 2. The summed E-state index contributed by atoms with van der Waals surface area (Å²) in [6.45, 7) is 3.68. The van der Waals surface area contributed by atoms with E-state index in [0.717, 1.165) is 5.56 Å². The number of rotatable bonds is 5. The molecular weight excluding hydrogens is 354 g/mol. The maximum absolute atomic E-state index is 12.8.